The number of benzene rings is 1. The van der Waals surface area contributed by atoms with Crippen molar-refractivity contribution in [2.24, 2.45) is 11.8 Å². The molecule has 0 spiro atoms. The van der Waals surface area contributed by atoms with E-state index in [2.05, 4.69) is 36.1 Å². The summed E-state index contributed by atoms with van der Waals surface area (Å²) in [5.41, 5.74) is 2.37. The van der Waals surface area contributed by atoms with Crippen molar-refractivity contribution in [2.45, 2.75) is 53.7 Å². The highest BCUT2D eigenvalue weighted by Gasteiger charge is 2.23. The van der Waals surface area contributed by atoms with Gasteiger partial charge in [-0.1, -0.05) is 25.1 Å². The molecule has 158 valence electrons. The molecule has 2 aromatic rings. The number of carbonyl (C=O) groups excluding carboxylic acids is 1. The molecule has 29 heavy (non-hydrogen) atoms. The molecule has 1 aliphatic heterocycles. The van der Waals surface area contributed by atoms with E-state index in [0.29, 0.717) is 29.8 Å². The van der Waals surface area contributed by atoms with Crippen LogP contribution in [0.3, 0.4) is 0 Å². The molecule has 0 radical (unpaired) electrons. The second-order valence-electron chi connectivity index (χ2n) is 8.66. The van der Waals surface area contributed by atoms with Gasteiger partial charge in [0.05, 0.1) is 11.3 Å². The number of rotatable bonds is 7. The van der Waals surface area contributed by atoms with Crippen molar-refractivity contribution in [1.82, 2.24) is 15.4 Å². The monoisotopic (exact) mass is 399 g/mol. The summed E-state index contributed by atoms with van der Waals surface area (Å²) in [7, 11) is 0. The van der Waals surface area contributed by atoms with Crippen LogP contribution in [0.1, 0.15) is 54.6 Å². The number of amides is 1. The first-order chi connectivity index (χ1) is 13.8. The fourth-order valence-electron chi connectivity index (χ4n) is 4.27. The van der Waals surface area contributed by atoms with Gasteiger partial charge in [-0.25, -0.2) is 0 Å². The van der Waals surface area contributed by atoms with Crippen LogP contribution in [0.2, 0.25) is 0 Å². The first-order valence-corrected chi connectivity index (χ1v) is 10.5. The highest BCUT2D eigenvalue weighted by atomic mass is 16.5. The molecule has 1 aromatic carbocycles. The molecular formula is C23H33N3O3. The molecule has 3 rings (SSSR count). The van der Waals surface area contributed by atoms with Gasteiger partial charge in [-0.15, -0.1) is 0 Å². The van der Waals surface area contributed by atoms with E-state index in [0.717, 1.165) is 36.7 Å². The maximum absolute atomic E-state index is 12.7. The normalized spacial score (nSPS) is 21.0. The van der Waals surface area contributed by atoms with E-state index in [1.807, 2.05) is 32.0 Å². The van der Waals surface area contributed by atoms with Crippen LogP contribution in [0.5, 0.6) is 5.75 Å². The predicted molar refractivity (Wildman–Crippen MR) is 113 cm³/mol. The Morgan fingerprint density at radius 3 is 2.69 bits per heavy atom. The summed E-state index contributed by atoms with van der Waals surface area (Å²) in [6.07, 6.45) is 1.29. The Bertz CT molecular complexity index is 803. The Kier molecular flexibility index (Phi) is 6.96. The van der Waals surface area contributed by atoms with Gasteiger partial charge in [0.2, 0.25) is 0 Å². The largest absolute Gasteiger partial charge is 0.489 e. The maximum atomic E-state index is 12.7. The second-order valence-corrected chi connectivity index (χ2v) is 8.66. The molecule has 1 fully saturated rings. The fraction of sp³-hybridized carbons (Fsp3) is 0.565. The van der Waals surface area contributed by atoms with Gasteiger partial charge < -0.3 is 19.5 Å². The lowest BCUT2D eigenvalue weighted by molar-refractivity contribution is 0.0904. The zero-order valence-electron chi connectivity index (χ0n) is 18.2. The van der Waals surface area contributed by atoms with Crippen LogP contribution in [0.15, 0.2) is 28.8 Å². The summed E-state index contributed by atoms with van der Waals surface area (Å²) in [6, 6.07) is 7.39. The number of aryl methyl sites for hydroxylation is 2. The molecule has 3 unspecified atom stereocenters. The van der Waals surface area contributed by atoms with Crippen LogP contribution >= 0.6 is 0 Å². The van der Waals surface area contributed by atoms with Gasteiger partial charge >= 0.3 is 0 Å². The Balaban J connectivity index is 1.54. The lowest BCUT2D eigenvalue weighted by Gasteiger charge is -2.36. The molecule has 1 aromatic heterocycles. The molecule has 0 bridgehead atoms. The van der Waals surface area contributed by atoms with Gasteiger partial charge in [-0.3, -0.25) is 4.79 Å². The van der Waals surface area contributed by atoms with Gasteiger partial charge in [0.15, 0.2) is 0 Å². The van der Waals surface area contributed by atoms with Gasteiger partial charge in [0, 0.05) is 31.2 Å². The van der Waals surface area contributed by atoms with Gasteiger partial charge in [-0.05, 0) is 57.2 Å². The predicted octanol–water partition coefficient (Wildman–Crippen LogP) is 3.97. The average molecular weight is 400 g/mol. The molecule has 1 saturated heterocycles. The third kappa shape index (κ3) is 5.82. The fourth-order valence-corrected chi connectivity index (χ4v) is 4.27. The van der Waals surface area contributed by atoms with Crippen LogP contribution in [0.4, 0.5) is 0 Å². The summed E-state index contributed by atoms with van der Waals surface area (Å²) < 4.78 is 11.0. The van der Waals surface area contributed by atoms with Crippen molar-refractivity contribution in [3.8, 4) is 5.75 Å². The van der Waals surface area contributed by atoms with E-state index >= 15 is 0 Å². The molecular weight excluding hydrogens is 366 g/mol. The first-order valence-electron chi connectivity index (χ1n) is 10.5. The van der Waals surface area contributed by atoms with E-state index in [1.165, 1.54) is 6.42 Å². The van der Waals surface area contributed by atoms with E-state index in [4.69, 9.17) is 9.26 Å². The zero-order valence-corrected chi connectivity index (χ0v) is 18.2. The smallest absolute Gasteiger partial charge is 0.251 e. The number of aromatic nitrogens is 1. The first kappa shape index (κ1) is 21.4. The second kappa shape index (κ2) is 9.44. The molecule has 6 nitrogen and oxygen atoms in total. The van der Waals surface area contributed by atoms with Crippen molar-refractivity contribution >= 4 is 5.91 Å². The quantitative estimate of drug-likeness (QED) is 0.763. The van der Waals surface area contributed by atoms with Gasteiger partial charge in [-0.2, -0.15) is 0 Å². The van der Waals surface area contributed by atoms with Crippen molar-refractivity contribution in [3.05, 3.63) is 46.8 Å². The average Bonchev–Trinajstić information content (AvgIpc) is 2.97. The summed E-state index contributed by atoms with van der Waals surface area (Å²) in [4.78, 5) is 15.2. The Hall–Kier alpha value is -2.34. The summed E-state index contributed by atoms with van der Waals surface area (Å²) in [6.45, 7) is 13.9. The number of carbonyl (C=O) groups is 1. The van der Waals surface area contributed by atoms with Crippen molar-refractivity contribution in [2.75, 3.05) is 19.6 Å². The minimum Gasteiger partial charge on any atom is -0.489 e. The van der Waals surface area contributed by atoms with Crippen molar-refractivity contribution < 1.29 is 14.1 Å². The Labute approximate surface area is 173 Å². The summed E-state index contributed by atoms with van der Waals surface area (Å²) in [5, 5.41) is 7.07. The number of likely N-dealkylation sites (tertiary alicyclic amines) is 1. The molecule has 6 heteroatoms. The van der Waals surface area contributed by atoms with E-state index in [-0.39, 0.29) is 11.9 Å². The maximum Gasteiger partial charge on any atom is 0.251 e. The molecule has 0 aliphatic carbocycles. The third-order valence-electron chi connectivity index (χ3n) is 5.51. The molecule has 1 amide bonds. The van der Waals surface area contributed by atoms with E-state index in [1.54, 1.807) is 6.07 Å². The Morgan fingerprint density at radius 1 is 1.31 bits per heavy atom. The number of hydrogen-bond acceptors (Lipinski definition) is 5. The van der Waals surface area contributed by atoms with Crippen LogP contribution in [-0.4, -0.2) is 41.6 Å². The molecule has 1 N–H and O–H groups in total. The number of piperidine rings is 1. The van der Waals surface area contributed by atoms with Crippen molar-refractivity contribution in [1.29, 1.82) is 0 Å². The van der Waals surface area contributed by atoms with Crippen LogP contribution in [0, 0.1) is 25.7 Å². The lowest BCUT2D eigenvalue weighted by atomic mass is 9.92. The minimum atomic E-state index is -0.0709. The highest BCUT2D eigenvalue weighted by molar-refractivity contribution is 5.94. The Morgan fingerprint density at radius 2 is 2.03 bits per heavy atom. The van der Waals surface area contributed by atoms with Gasteiger partial charge in [0.25, 0.3) is 5.91 Å². The van der Waals surface area contributed by atoms with E-state index in [9.17, 15) is 4.79 Å². The minimum absolute atomic E-state index is 0.0709. The zero-order chi connectivity index (χ0) is 21.0. The van der Waals surface area contributed by atoms with Crippen LogP contribution in [-0.2, 0) is 6.61 Å². The topological polar surface area (TPSA) is 67.6 Å². The van der Waals surface area contributed by atoms with Crippen LogP contribution < -0.4 is 10.1 Å². The highest BCUT2D eigenvalue weighted by Crippen LogP contribution is 2.21. The number of ether oxygens (including phenoxy) is 1. The SMILES string of the molecule is Cc1noc(C)c1COc1cccc(C(=O)NC(C)CN2CC(C)CC(C)C2)c1. The molecule has 2 heterocycles. The summed E-state index contributed by atoms with van der Waals surface area (Å²) >= 11 is 0. The number of hydrogen-bond donors (Lipinski definition) is 1. The molecule has 1 aliphatic rings. The van der Waals surface area contributed by atoms with Crippen molar-refractivity contribution in [3.63, 3.8) is 0 Å². The molecule has 3 atom stereocenters. The third-order valence-corrected chi connectivity index (χ3v) is 5.51. The summed E-state index contributed by atoms with van der Waals surface area (Å²) in [5.74, 6) is 2.77. The van der Waals surface area contributed by atoms with E-state index < -0.39 is 0 Å². The van der Waals surface area contributed by atoms with Gasteiger partial charge in [0.1, 0.15) is 18.1 Å². The van der Waals surface area contributed by atoms with Crippen LogP contribution in [0.25, 0.3) is 0 Å². The standard InChI is InChI=1S/C23H33N3O3/c1-15-9-16(2)12-26(11-15)13-17(3)24-23(27)20-7-6-8-21(10-20)28-14-22-18(4)25-29-19(22)5/h6-8,10,15-17H,9,11-14H2,1-5H3,(H,24,27). The lowest BCUT2D eigenvalue weighted by Crippen LogP contribution is -2.47. The number of nitrogens with one attached hydrogen (secondary N) is 1. The number of nitrogens with zero attached hydrogens (tertiary/aromatic N) is 2. The molecule has 0 saturated carbocycles.